The van der Waals surface area contributed by atoms with Gasteiger partial charge in [-0.2, -0.15) is 17.2 Å². The zero-order valence-electron chi connectivity index (χ0n) is 11.9. The molecule has 1 rings (SSSR count). The van der Waals surface area contributed by atoms with Crippen molar-refractivity contribution in [3.8, 4) is 0 Å². The van der Waals surface area contributed by atoms with Crippen molar-refractivity contribution in [2.24, 2.45) is 5.41 Å². The Morgan fingerprint density at radius 2 is 2.00 bits per heavy atom. The van der Waals surface area contributed by atoms with Gasteiger partial charge in [-0.1, -0.05) is 0 Å². The van der Waals surface area contributed by atoms with Crippen molar-refractivity contribution in [1.82, 2.24) is 5.48 Å². The van der Waals surface area contributed by atoms with E-state index in [1.54, 1.807) is 20.8 Å². The maximum absolute atomic E-state index is 11.4. The van der Waals surface area contributed by atoms with Crippen LogP contribution in [0.1, 0.15) is 40.0 Å². The number of carbonyl (C=O) groups excluding carboxylic acids is 2. The SMILES string of the molecule is CC(C)(C)OC(=O)NOCC1(CC=O)CCSCC1. The smallest absolute Gasteiger partial charge is 0.431 e. The van der Waals surface area contributed by atoms with Crippen molar-refractivity contribution in [3.05, 3.63) is 0 Å². The van der Waals surface area contributed by atoms with Crippen LogP contribution in [-0.2, 0) is 14.4 Å². The molecule has 19 heavy (non-hydrogen) atoms. The largest absolute Gasteiger partial charge is 0.442 e. The Morgan fingerprint density at radius 1 is 1.37 bits per heavy atom. The normalized spacial score (nSPS) is 18.7. The van der Waals surface area contributed by atoms with Gasteiger partial charge in [-0.15, -0.1) is 0 Å². The van der Waals surface area contributed by atoms with Gasteiger partial charge in [0.05, 0.1) is 6.61 Å². The lowest BCUT2D eigenvalue weighted by Crippen LogP contribution is -2.38. The molecule has 1 fully saturated rings. The van der Waals surface area contributed by atoms with Gasteiger partial charge in [0.2, 0.25) is 0 Å². The molecule has 1 aliphatic rings. The van der Waals surface area contributed by atoms with Crippen LogP contribution in [0.25, 0.3) is 0 Å². The minimum Gasteiger partial charge on any atom is -0.442 e. The van der Waals surface area contributed by atoms with Crippen LogP contribution in [0.3, 0.4) is 0 Å². The van der Waals surface area contributed by atoms with Crippen molar-refractivity contribution in [1.29, 1.82) is 0 Å². The highest BCUT2D eigenvalue weighted by atomic mass is 32.2. The number of rotatable bonds is 5. The summed E-state index contributed by atoms with van der Waals surface area (Å²) >= 11 is 1.89. The Morgan fingerprint density at radius 3 is 2.53 bits per heavy atom. The van der Waals surface area contributed by atoms with Gasteiger partial charge in [0.1, 0.15) is 11.9 Å². The van der Waals surface area contributed by atoms with Gasteiger partial charge >= 0.3 is 6.09 Å². The lowest BCUT2D eigenvalue weighted by molar-refractivity contribution is -0.112. The number of aldehydes is 1. The van der Waals surface area contributed by atoms with Crippen LogP contribution in [-0.4, -0.2) is 36.1 Å². The highest BCUT2D eigenvalue weighted by Crippen LogP contribution is 2.37. The number of ether oxygens (including phenoxy) is 1. The van der Waals surface area contributed by atoms with Gasteiger partial charge in [0.15, 0.2) is 0 Å². The number of nitrogens with one attached hydrogen (secondary N) is 1. The van der Waals surface area contributed by atoms with E-state index in [0.717, 1.165) is 30.6 Å². The highest BCUT2D eigenvalue weighted by molar-refractivity contribution is 7.99. The molecule has 0 bridgehead atoms. The summed E-state index contributed by atoms with van der Waals surface area (Å²) in [6.07, 6.45) is 2.69. The summed E-state index contributed by atoms with van der Waals surface area (Å²) in [6.45, 7) is 5.72. The lowest BCUT2D eigenvalue weighted by Gasteiger charge is -2.34. The molecule has 0 radical (unpaired) electrons. The molecule has 0 spiro atoms. The molecule has 1 aliphatic heterocycles. The fraction of sp³-hybridized carbons (Fsp3) is 0.846. The molecular formula is C13H23NO4S. The zero-order chi connectivity index (χ0) is 14.4. The molecule has 0 unspecified atom stereocenters. The lowest BCUT2D eigenvalue weighted by atomic mass is 9.80. The summed E-state index contributed by atoms with van der Waals surface area (Å²) in [6, 6.07) is 0. The third-order valence-electron chi connectivity index (χ3n) is 3.00. The van der Waals surface area contributed by atoms with Crippen LogP contribution in [0, 0.1) is 5.41 Å². The van der Waals surface area contributed by atoms with Crippen LogP contribution >= 0.6 is 11.8 Å². The fourth-order valence-corrected chi connectivity index (χ4v) is 3.29. The first kappa shape index (κ1) is 16.3. The average molecular weight is 289 g/mol. The molecule has 0 saturated carbocycles. The zero-order valence-corrected chi connectivity index (χ0v) is 12.7. The molecule has 5 nitrogen and oxygen atoms in total. The van der Waals surface area contributed by atoms with Crippen LogP contribution in [0.2, 0.25) is 0 Å². The molecule has 1 amide bonds. The topological polar surface area (TPSA) is 64.6 Å². The van der Waals surface area contributed by atoms with Crippen molar-refractivity contribution in [2.45, 2.75) is 45.6 Å². The molecule has 1 N–H and O–H groups in total. The summed E-state index contributed by atoms with van der Waals surface area (Å²) in [5.41, 5.74) is 1.60. The third-order valence-corrected chi connectivity index (χ3v) is 3.99. The van der Waals surface area contributed by atoms with E-state index in [-0.39, 0.29) is 5.41 Å². The van der Waals surface area contributed by atoms with E-state index in [4.69, 9.17) is 9.57 Å². The Bertz CT molecular complexity index is 308. The Balaban J connectivity index is 2.36. The number of hydrogen-bond donors (Lipinski definition) is 1. The van der Waals surface area contributed by atoms with E-state index in [1.807, 2.05) is 11.8 Å². The minimum absolute atomic E-state index is 0.137. The van der Waals surface area contributed by atoms with Gasteiger partial charge in [0.25, 0.3) is 0 Å². The van der Waals surface area contributed by atoms with Gasteiger partial charge < -0.3 is 9.53 Å². The second-order valence-electron chi connectivity index (χ2n) is 5.88. The molecular weight excluding hydrogens is 266 g/mol. The molecule has 6 heteroatoms. The number of amides is 1. The molecule has 1 heterocycles. The van der Waals surface area contributed by atoms with Gasteiger partial charge in [0, 0.05) is 11.8 Å². The Labute approximate surface area is 118 Å². The second-order valence-corrected chi connectivity index (χ2v) is 7.10. The Hall–Kier alpha value is -0.750. The van der Waals surface area contributed by atoms with Gasteiger partial charge in [-0.05, 0) is 45.1 Å². The first-order chi connectivity index (χ1) is 8.87. The summed E-state index contributed by atoms with van der Waals surface area (Å²) in [5, 5.41) is 0. The average Bonchev–Trinajstić information content (AvgIpc) is 2.28. The number of carbonyl (C=O) groups is 2. The predicted molar refractivity (Wildman–Crippen MR) is 75.0 cm³/mol. The monoisotopic (exact) mass is 289 g/mol. The standard InChI is InChI=1S/C13H23NO4S/c1-12(2,3)18-11(16)14-17-10-13(4-7-15)5-8-19-9-6-13/h7H,4-6,8-10H2,1-3H3,(H,14,16). The number of hydrogen-bond acceptors (Lipinski definition) is 5. The molecule has 0 aromatic carbocycles. The third kappa shape index (κ3) is 6.29. The van der Waals surface area contributed by atoms with E-state index >= 15 is 0 Å². The Kier molecular flexibility index (Phi) is 6.13. The molecule has 0 atom stereocenters. The minimum atomic E-state index is -0.598. The summed E-state index contributed by atoms with van der Waals surface area (Å²) < 4.78 is 5.07. The predicted octanol–water partition coefficient (Wildman–Crippen LogP) is 2.55. The van der Waals surface area contributed by atoms with E-state index in [1.165, 1.54) is 0 Å². The second kappa shape index (κ2) is 7.14. The van der Waals surface area contributed by atoms with E-state index in [0.29, 0.717) is 13.0 Å². The first-order valence-electron chi connectivity index (χ1n) is 6.49. The van der Waals surface area contributed by atoms with E-state index < -0.39 is 11.7 Å². The van der Waals surface area contributed by atoms with E-state index in [9.17, 15) is 9.59 Å². The fourth-order valence-electron chi connectivity index (χ4n) is 1.94. The summed E-state index contributed by atoms with van der Waals surface area (Å²) in [5.74, 6) is 2.06. The van der Waals surface area contributed by atoms with Crippen LogP contribution in [0.15, 0.2) is 0 Å². The number of hydroxylamine groups is 1. The molecule has 1 saturated heterocycles. The highest BCUT2D eigenvalue weighted by Gasteiger charge is 2.33. The van der Waals surface area contributed by atoms with Gasteiger partial charge in [-0.3, -0.25) is 4.84 Å². The van der Waals surface area contributed by atoms with Gasteiger partial charge in [-0.25, -0.2) is 4.79 Å². The van der Waals surface area contributed by atoms with Crippen molar-refractivity contribution >= 4 is 24.1 Å². The van der Waals surface area contributed by atoms with E-state index in [2.05, 4.69) is 5.48 Å². The van der Waals surface area contributed by atoms with Crippen LogP contribution < -0.4 is 5.48 Å². The quantitative estimate of drug-likeness (QED) is 0.622. The van der Waals surface area contributed by atoms with Crippen molar-refractivity contribution in [3.63, 3.8) is 0 Å². The van der Waals surface area contributed by atoms with Crippen molar-refractivity contribution < 1.29 is 19.2 Å². The van der Waals surface area contributed by atoms with Crippen molar-refractivity contribution in [2.75, 3.05) is 18.1 Å². The molecule has 110 valence electrons. The molecule has 0 aromatic rings. The summed E-state index contributed by atoms with van der Waals surface area (Å²) in [4.78, 5) is 27.5. The molecule has 0 aromatic heterocycles. The number of thioether (sulfide) groups is 1. The molecule has 0 aliphatic carbocycles. The first-order valence-corrected chi connectivity index (χ1v) is 7.65. The maximum Gasteiger partial charge on any atom is 0.431 e. The van der Waals surface area contributed by atoms with Crippen LogP contribution in [0.4, 0.5) is 4.79 Å². The summed E-state index contributed by atoms with van der Waals surface area (Å²) in [7, 11) is 0. The van der Waals surface area contributed by atoms with Crippen LogP contribution in [0.5, 0.6) is 0 Å². The maximum atomic E-state index is 11.4.